The second kappa shape index (κ2) is 10.4. The summed E-state index contributed by atoms with van der Waals surface area (Å²) in [5.74, 6) is 0.497. The highest BCUT2D eigenvalue weighted by Gasteiger charge is 2.03. The van der Waals surface area contributed by atoms with Crippen molar-refractivity contribution in [1.29, 1.82) is 0 Å². The summed E-state index contributed by atoms with van der Waals surface area (Å²) in [6.07, 6.45) is 1.84. The molecular weight excluding hydrogens is 475 g/mol. The number of carbonyl (C=O) groups is 1. The number of halogens is 3. The zero-order chi connectivity index (χ0) is 20.6. The largest absolute Gasteiger partial charge is 0.489 e. The summed E-state index contributed by atoms with van der Waals surface area (Å²) in [5, 5.41) is 5.02. The summed E-state index contributed by atoms with van der Waals surface area (Å²) in [5.41, 5.74) is 5.17. The van der Waals surface area contributed by atoms with Crippen molar-refractivity contribution in [1.82, 2.24) is 5.43 Å². The number of carbonyl (C=O) groups excluding carboxylic acids is 1. The Morgan fingerprint density at radius 2 is 1.76 bits per heavy atom. The van der Waals surface area contributed by atoms with Gasteiger partial charge in [0.15, 0.2) is 0 Å². The smallest absolute Gasteiger partial charge is 0.244 e. The van der Waals surface area contributed by atoms with Crippen molar-refractivity contribution in [3.05, 3.63) is 97.9 Å². The van der Waals surface area contributed by atoms with Gasteiger partial charge in [0, 0.05) is 4.47 Å². The molecule has 0 spiro atoms. The van der Waals surface area contributed by atoms with Crippen LogP contribution in [-0.2, 0) is 17.8 Å². The second-order valence-electron chi connectivity index (χ2n) is 6.21. The van der Waals surface area contributed by atoms with E-state index in [2.05, 4.69) is 26.5 Å². The SMILES string of the molecule is O=C(Cc1ccc(Br)cc1)N/N=C/c1cccc(OCc2ccc(Cl)c(Cl)c2)c1. The molecule has 4 nitrogen and oxygen atoms in total. The lowest BCUT2D eigenvalue weighted by atomic mass is 10.1. The van der Waals surface area contributed by atoms with Crippen LogP contribution in [0.4, 0.5) is 0 Å². The minimum atomic E-state index is -0.185. The van der Waals surface area contributed by atoms with Crippen LogP contribution in [0, 0.1) is 0 Å². The number of hydrazone groups is 1. The maximum absolute atomic E-state index is 12.0. The van der Waals surface area contributed by atoms with E-state index in [1.807, 2.05) is 54.6 Å². The van der Waals surface area contributed by atoms with Crippen LogP contribution in [0.5, 0.6) is 5.75 Å². The normalized spacial score (nSPS) is 10.9. The van der Waals surface area contributed by atoms with Crippen LogP contribution in [0.1, 0.15) is 16.7 Å². The molecule has 0 fully saturated rings. The molecule has 3 aromatic carbocycles. The van der Waals surface area contributed by atoms with Gasteiger partial charge in [0.05, 0.1) is 22.7 Å². The average Bonchev–Trinajstić information content (AvgIpc) is 2.71. The maximum Gasteiger partial charge on any atom is 0.244 e. The summed E-state index contributed by atoms with van der Waals surface area (Å²) in [4.78, 5) is 12.0. The molecule has 0 bridgehead atoms. The Morgan fingerprint density at radius 1 is 1.00 bits per heavy atom. The highest BCUT2D eigenvalue weighted by molar-refractivity contribution is 9.10. The molecule has 0 saturated heterocycles. The molecule has 3 rings (SSSR count). The number of nitrogens with zero attached hydrogens (tertiary/aromatic N) is 1. The molecule has 29 heavy (non-hydrogen) atoms. The number of ether oxygens (including phenoxy) is 1. The third-order valence-electron chi connectivity index (χ3n) is 3.93. The monoisotopic (exact) mass is 490 g/mol. The first-order valence-electron chi connectivity index (χ1n) is 8.73. The molecule has 0 unspecified atom stereocenters. The van der Waals surface area contributed by atoms with Crippen LogP contribution in [-0.4, -0.2) is 12.1 Å². The summed E-state index contributed by atoms with van der Waals surface area (Å²) in [6, 6.07) is 20.4. The first kappa shape index (κ1) is 21.4. The lowest BCUT2D eigenvalue weighted by molar-refractivity contribution is -0.120. The van der Waals surface area contributed by atoms with Gasteiger partial charge in [-0.25, -0.2) is 5.43 Å². The van der Waals surface area contributed by atoms with Crippen LogP contribution in [0.25, 0.3) is 0 Å². The number of nitrogens with one attached hydrogen (secondary N) is 1. The lowest BCUT2D eigenvalue weighted by Crippen LogP contribution is -2.19. The van der Waals surface area contributed by atoms with Crippen LogP contribution in [0.2, 0.25) is 10.0 Å². The molecule has 7 heteroatoms. The van der Waals surface area contributed by atoms with Gasteiger partial charge >= 0.3 is 0 Å². The Labute approximate surface area is 187 Å². The van der Waals surface area contributed by atoms with Crippen molar-refractivity contribution in [2.75, 3.05) is 0 Å². The fraction of sp³-hybridized carbons (Fsp3) is 0.0909. The predicted octanol–water partition coefficient (Wildman–Crippen LogP) is 6.03. The molecule has 0 heterocycles. The van der Waals surface area contributed by atoms with Gasteiger partial charge in [-0.3, -0.25) is 4.79 Å². The minimum Gasteiger partial charge on any atom is -0.489 e. The maximum atomic E-state index is 12.0. The Bertz CT molecular complexity index is 1020. The van der Waals surface area contributed by atoms with E-state index in [-0.39, 0.29) is 12.3 Å². The molecule has 0 aliphatic heterocycles. The van der Waals surface area contributed by atoms with Gasteiger partial charge in [-0.15, -0.1) is 0 Å². The van der Waals surface area contributed by atoms with E-state index in [0.717, 1.165) is 21.2 Å². The zero-order valence-electron chi connectivity index (χ0n) is 15.2. The number of hydrogen-bond acceptors (Lipinski definition) is 3. The van der Waals surface area contributed by atoms with Crippen molar-refractivity contribution >= 4 is 51.3 Å². The molecule has 148 valence electrons. The van der Waals surface area contributed by atoms with Crippen LogP contribution >= 0.6 is 39.1 Å². The van der Waals surface area contributed by atoms with Gasteiger partial charge in [-0.1, -0.05) is 69.5 Å². The predicted molar refractivity (Wildman–Crippen MR) is 121 cm³/mol. The molecule has 1 amide bonds. The molecule has 0 aromatic heterocycles. The second-order valence-corrected chi connectivity index (χ2v) is 7.94. The van der Waals surface area contributed by atoms with Gasteiger partial charge in [0.2, 0.25) is 5.91 Å². The van der Waals surface area contributed by atoms with Crippen LogP contribution < -0.4 is 10.2 Å². The van der Waals surface area contributed by atoms with Crippen LogP contribution in [0.15, 0.2) is 76.3 Å². The quantitative estimate of drug-likeness (QED) is 0.324. The minimum absolute atomic E-state index is 0.185. The first-order chi connectivity index (χ1) is 14.0. The Balaban J connectivity index is 1.52. The molecule has 0 saturated carbocycles. The standard InChI is InChI=1S/C22H17BrCl2N2O2/c23-18-7-4-15(5-8-18)12-22(28)27-26-13-16-2-1-3-19(10-16)29-14-17-6-9-20(24)21(25)11-17/h1-11,13H,12,14H2,(H,27,28)/b26-13+. The highest BCUT2D eigenvalue weighted by atomic mass is 79.9. The van der Waals surface area contributed by atoms with Gasteiger partial charge in [0.25, 0.3) is 0 Å². The van der Waals surface area contributed by atoms with Crippen molar-refractivity contribution in [2.24, 2.45) is 5.10 Å². The molecule has 0 aliphatic rings. The van der Waals surface area contributed by atoms with Crippen molar-refractivity contribution in [3.63, 3.8) is 0 Å². The molecule has 0 aliphatic carbocycles. The Hall–Kier alpha value is -2.34. The summed E-state index contributed by atoms with van der Waals surface area (Å²) in [6.45, 7) is 0.363. The van der Waals surface area contributed by atoms with E-state index < -0.39 is 0 Å². The van der Waals surface area contributed by atoms with E-state index in [1.165, 1.54) is 0 Å². The fourth-order valence-corrected chi connectivity index (χ4v) is 3.07. The fourth-order valence-electron chi connectivity index (χ4n) is 2.49. The lowest BCUT2D eigenvalue weighted by Gasteiger charge is -2.08. The first-order valence-corrected chi connectivity index (χ1v) is 10.3. The van der Waals surface area contributed by atoms with E-state index in [0.29, 0.717) is 22.4 Å². The Kier molecular flexibility index (Phi) is 7.69. The average molecular weight is 492 g/mol. The van der Waals surface area contributed by atoms with Gasteiger partial charge in [-0.05, 0) is 53.1 Å². The number of amides is 1. The number of benzene rings is 3. The third-order valence-corrected chi connectivity index (χ3v) is 5.20. The van der Waals surface area contributed by atoms with Gasteiger partial charge < -0.3 is 4.74 Å². The Morgan fingerprint density at radius 3 is 2.52 bits per heavy atom. The number of hydrogen-bond donors (Lipinski definition) is 1. The molecule has 0 atom stereocenters. The number of rotatable bonds is 7. The zero-order valence-corrected chi connectivity index (χ0v) is 18.3. The van der Waals surface area contributed by atoms with E-state index in [1.54, 1.807) is 18.3 Å². The summed E-state index contributed by atoms with van der Waals surface area (Å²) >= 11 is 15.3. The summed E-state index contributed by atoms with van der Waals surface area (Å²) < 4.78 is 6.76. The van der Waals surface area contributed by atoms with Gasteiger partial charge in [0.1, 0.15) is 12.4 Å². The molecule has 1 N–H and O–H groups in total. The van der Waals surface area contributed by atoms with Gasteiger partial charge in [-0.2, -0.15) is 5.10 Å². The van der Waals surface area contributed by atoms with E-state index in [9.17, 15) is 4.79 Å². The van der Waals surface area contributed by atoms with E-state index >= 15 is 0 Å². The van der Waals surface area contributed by atoms with E-state index in [4.69, 9.17) is 27.9 Å². The van der Waals surface area contributed by atoms with Crippen LogP contribution in [0.3, 0.4) is 0 Å². The van der Waals surface area contributed by atoms with Crippen molar-refractivity contribution in [3.8, 4) is 5.75 Å². The highest BCUT2D eigenvalue weighted by Crippen LogP contribution is 2.23. The third kappa shape index (κ3) is 6.89. The molecule has 3 aromatic rings. The molecular formula is C22H17BrCl2N2O2. The van der Waals surface area contributed by atoms with Crippen molar-refractivity contribution < 1.29 is 9.53 Å². The summed E-state index contributed by atoms with van der Waals surface area (Å²) in [7, 11) is 0. The molecule has 0 radical (unpaired) electrons. The topological polar surface area (TPSA) is 50.7 Å². The van der Waals surface area contributed by atoms with Crippen molar-refractivity contribution in [2.45, 2.75) is 13.0 Å².